The lowest BCUT2D eigenvalue weighted by Crippen LogP contribution is -2.51. The summed E-state index contributed by atoms with van der Waals surface area (Å²) in [6.07, 6.45) is 3.72. The van der Waals surface area contributed by atoms with Crippen molar-refractivity contribution in [2.75, 3.05) is 50.8 Å². The smallest absolute Gasteiger partial charge is 0.231 e. The maximum Gasteiger partial charge on any atom is 0.231 e. The number of nitrogens with one attached hydrogen (secondary N) is 1. The van der Waals surface area contributed by atoms with Crippen molar-refractivity contribution in [3.05, 3.63) is 53.0 Å². The van der Waals surface area contributed by atoms with Crippen molar-refractivity contribution in [2.45, 2.75) is 57.1 Å². The Morgan fingerprint density at radius 2 is 1.86 bits per heavy atom. The van der Waals surface area contributed by atoms with E-state index in [0.29, 0.717) is 32.1 Å². The Labute approximate surface area is 207 Å². The van der Waals surface area contributed by atoms with Crippen molar-refractivity contribution in [2.24, 2.45) is 0 Å². The minimum absolute atomic E-state index is 0.185. The highest BCUT2D eigenvalue weighted by Crippen LogP contribution is 2.42. The monoisotopic (exact) mass is 479 g/mol. The molecule has 1 aromatic heterocycles. The Morgan fingerprint density at radius 3 is 2.57 bits per heavy atom. The molecule has 0 spiro atoms. The number of aryl methyl sites for hydroxylation is 1. The second-order valence-electron chi connectivity index (χ2n) is 10.2. The van der Waals surface area contributed by atoms with Gasteiger partial charge in [-0.2, -0.15) is 0 Å². The van der Waals surface area contributed by atoms with Crippen molar-refractivity contribution >= 4 is 11.7 Å². The van der Waals surface area contributed by atoms with E-state index < -0.39 is 6.10 Å². The summed E-state index contributed by atoms with van der Waals surface area (Å²) in [5.74, 6) is 1.13. The molecule has 188 valence electrons. The van der Waals surface area contributed by atoms with E-state index in [4.69, 9.17) is 4.74 Å². The summed E-state index contributed by atoms with van der Waals surface area (Å²) in [7, 11) is 0. The number of ether oxygens (including phenoxy) is 1. The van der Waals surface area contributed by atoms with Gasteiger partial charge in [0.15, 0.2) is 0 Å². The molecule has 2 saturated heterocycles. The number of carbonyl (C=O) groups excluding carboxylic acids is 1. The number of hydrogen-bond acceptors (Lipinski definition) is 7. The predicted molar refractivity (Wildman–Crippen MR) is 135 cm³/mol. The predicted octanol–water partition coefficient (Wildman–Crippen LogP) is 2.53. The van der Waals surface area contributed by atoms with E-state index >= 15 is 0 Å². The van der Waals surface area contributed by atoms with Gasteiger partial charge in [0.1, 0.15) is 12.1 Å². The van der Waals surface area contributed by atoms with Crippen LogP contribution in [-0.2, 0) is 9.53 Å². The minimum Gasteiger partial charge on any atom is -0.387 e. The lowest BCUT2D eigenvalue weighted by Gasteiger charge is -2.38. The molecule has 0 radical (unpaired) electrons. The zero-order valence-corrected chi connectivity index (χ0v) is 20.8. The summed E-state index contributed by atoms with van der Waals surface area (Å²) in [6.45, 7) is 9.18. The number of piperazine rings is 1. The van der Waals surface area contributed by atoms with Crippen LogP contribution < -0.4 is 10.2 Å². The van der Waals surface area contributed by atoms with Gasteiger partial charge in [0, 0.05) is 57.5 Å². The molecule has 3 aliphatic rings. The van der Waals surface area contributed by atoms with Gasteiger partial charge in [0.25, 0.3) is 0 Å². The summed E-state index contributed by atoms with van der Waals surface area (Å²) < 4.78 is 5.49. The molecule has 5 rings (SSSR count). The maximum absolute atomic E-state index is 13.8. The number of amides is 1. The maximum atomic E-state index is 13.8. The lowest BCUT2D eigenvalue weighted by atomic mass is 9.95. The Morgan fingerprint density at radius 1 is 1.14 bits per heavy atom. The van der Waals surface area contributed by atoms with Crippen molar-refractivity contribution < 1.29 is 14.6 Å². The van der Waals surface area contributed by atoms with Crippen LogP contribution in [0.4, 0.5) is 5.82 Å². The Balaban J connectivity index is 1.27. The van der Waals surface area contributed by atoms with Crippen LogP contribution in [0.3, 0.4) is 0 Å². The fraction of sp³-hybridized carbons (Fsp3) is 0.593. The highest BCUT2D eigenvalue weighted by Gasteiger charge is 2.35. The second-order valence-corrected chi connectivity index (χ2v) is 10.2. The van der Waals surface area contributed by atoms with Crippen molar-refractivity contribution in [3.8, 4) is 0 Å². The third-order valence-electron chi connectivity index (χ3n) is 7.78. The number of aliphatic hydroxyl groups is 1. The Kier molecular flexibility index (Phi) is 7.32. The van der Waals surface area contributed by atoms with Gasteiger partial charge in [-0.25, -0.2) is 9.97 Å². The first-order valence-corrected chi connectivity index (χ1v) is 13.0. The second kappa shape index (κ2) is 10.6. The van der Waals surface area contributed by atoms with Gasteiger partial charge < -0.3 is 25.0 Å². The normalized spacial score (nSPS) is 23.9. The molecular weight excluding hydrogens is 442 g/mol. The number of aromatic nitrogens is 2. The quantitative estimate of drug-likeness (QED) is 0.658. The van der Waals surface area contributed by atoms with E-state index in [1.165, 1.54) is 5.56 Å². The molecule has 3 heterocycles. The van der Waals surface area contributed by atoms with E-state index in [2.05, 4.69) is 58.3 Å². The molecule has 2 N–H and O–H groups in total. The van der Waals surface area contributed by atoms with Crippen LogP contribution in [0.2, 0.25) is 0 Å². The first-order chi connectivity index (χ1) is 17.0. The van der Waals surface area contributed by atoms with E-state index in [0.717, 1.165) is 61.8 Å². The molecule has 8 nitrogen and oxygen atoms in total. The minimum atomic E-state index is -0.511. The van der Waals surface area contributed by atoms with Crippen LogP contribution >= 0.6 is 0 Å². The molecule has 0 bridgehead atoms. The standard InChI is InChI=1S/C27H37N5O3/c1-18-3-5-20(6-4-18)22(16-28-21-7-13-35-14-8-21)27(34)32-11-9-31(10-12-32)26-24-19(2)15-23(33)25(24)29-17-30-26/h3-6,17,19,21-23,28,33H,7-16H2,1-2H3/t19-,22-,23+/m1/s1. The Hall–Kier alpha value is -2.55. The summed E-state index contributed by atoms with van der Waals surface area (Å²) in [6, 6.07) is 8.77. The molecule has 2 aromatic rings. The number of anilines is 1. The van der Waals surface area contributed by atoms with Crippen LogP contribution in [0, 0.1) is 6.92 Å². The number of fused-ring (bicyclic) bond motifs is 1. The largest absolute Gasteiger partial charge is 0.387 e. The zero-order chi connectivity index (χ0) is 24.4. The summed E-state index contributed by atoms with van der Waals surface area (Å²) >= 11 is 0. The van der Waals surface area contributed by atoms with E-state index in [-0.39, 0.29) is 17.7 Å². The third-order valence-corrected chi connectivity index (χ3v) is 7.78. The number of benzene rings is 1. The molecule has 2 fully saturated rings. The molecule has 3 atom stereocenters. The summed E-state index contributed by atoms with van der Waals surface area (Å²) in [5, 5.41) is 14.0. The molecule has 35 heavy (non-hydrogen) atoms. The van der Waals surface area contributed by atoms with Crippen molar-refractivity contribution in [1.82, 2.24) is 20.2 Å². The van der Waals surface area contributed by atoms with Gasteiger partial charge in [-0.3, -0.25) is 4.79 Å². The van der Waals surface area contributed by atoms with E-state index in [1.54, 1.807) is 6.33 Å². The number of hydrogen-bond donors (Lipinski definition) is 2. The van der Waals surface area contributed by atoms with Crippen LogP contribution in [-0.4, -0.2) is 77.9 Å². The van der Waals surface area contributed by atoms with Crippen molar-refractivity contribution in [1.29, 1.82) is 0 Å². The van der Waals surface area contributed by atoms with Crippen LogP contribution in [0.25, 0.3) is 0 Å². The topological polar surface area (TPSA) is 90.8 Å². The van der Waals surface area contributed by atoms with E-state index in [1.807, 2.05) is 4.90 Å². The van der Waals surface area contributed by atoms with Crippen LogP contribution in [0.1, 0.15) is 66.5 Å². The highest BCUT2D eigenvalue weighted by molar-refractivity contribution is 5.84. The molecule has 8 heteroatoms. The van der Waals surface area contributed by atoms with Gasteiger partial charge >= 0.3 is 0 Å². The first kappa shape index (κ1) is 24.2. The van der Waals surface area contributed by atoms with Gasteiger partial charge in [-0.1, -0.05) is 36.8 Å². The third kappa shape index (κ3) is 5.20. The van der Waals surface area contributed by atoms with Crippen LogP contribution in [0.5, 0.6) is 0 Å². The average Bonchev–Trinajstić information content (AvgIpc) is 3.19. The summed E-state index contributed by atoms with van der Waals surface area (Å²) in [5.41, 5.74) is 4.10. The van der Waals surface area contributed by atoms with Crippen LogP contribution in [0.15, 0.2) is 30.6 Å². The average molecular weight is 480 g/mol. The lowest BCUT2D eigenvalue weighted by molar-refractivity contribution is -0.133. The number of carbonyl (C=O) groups is 1. The number of nitrogens with zero attached hydrogens (tertiary/aromatic N) is 4. The van der Waals surface area contributed by atoms with Gasteiger partial charge in [-0.15, -0.1) is 0 Å². The zero-order valence-electron chi connectivity index (χ0n) is 20.8. The van der Waals surface area contributed by atoms with Crippen molar-refractivity contribution in [3.63, 3.8) is 0 Å². The summed E-state index contributed by atoms with van der Waals surface area (Å²) in [4.78, 5) is 26.9. The SMILES string of the molecule is Cc1ccc([C@@H](CNC2CCOCC2)C(=O)N2CCN(c3ncnc4c3[C@H](C)C[C@@H]4O)CC2)cc1. The van der Waals surface area contributed by atoms with Gasteiger partial charge in [0.2, 0.25) is 5.91 Å². The number of rotatable bonds is 6. The first-order valence-electron chi connectivity index (χ1n) is 13.0. The number of aliphatic hydroxyl groups excluding tert-OH is 1. The van der Waals surface area contributed by atoms with Gasteiger partial charge in [0.05, 0.1) is 17.7 Å². The fourth-order valence-corrected chi connectivity index (χ4v) is 5.65. The molecule has 1 aromatic carbocycles. The van der Waals surface area contributed by atoms with E-state index in [9.17, 15) is 9.90 Å². The molecule has 2 aliphatic heterocycles. The fourth-order valence-electron chi connectivity index (χ4n) is 5.65. The molecule has 1 amide bonds. The molecule has 0 saturated carbocycles. The molecule has 0 unspecified atom stereocenters. The molecular formula is C27H37N5O3. The van der Waals surface area contributed by atoms with Gasteiger partial charge in [-0.05, 0) is 37.7 Å². The molecule has 1 aliphatic carbocycles. The Bertz CT molecular complexity index is 1020. The highest BCUT2D eigenvalue weighted by atomic mass is 16.5.